The van der Waals surface area contributed by atoms with Crippen molar-refractivity contribution in [1.29, 1.82) is 0 Å². The second-order valence-electron chi connectivity index (χ2n) is 7.15. The minimum atomic E-state index is -0.969. The standard InChI is InChI=1S/C19H22N4O4/c1-10(2)5-12-6-14(18-21-15(9-27-18)11(3)4)22-23-17(12)19-20-13(8-26-19)7-16(24)25/h6,8-11H,5,7H2,1-4H3,(H,24,25). The average Bonchev–Trinajstić information content (AvgIpc) is 3.23. The normalized spacial score (nSPS) is 11.5. The summed E-state index contributed by atoms with van der Waals surface area (Å²) in [7, 11) is 0. The van der Waals surface area contributed by atoms with Crippen LogP contribution >= 0.6 is 0 Å². The summed E-state index contributed by atoms with van der Waals surface area (Å²) in [6.07, 6.45) is 3.49. The Morgan fingerprint density at radius 2 is 1.81 bits per heavy atom. The molecule has 3 rings (SSSR count). The molecular formula is C19H22N4O4. The van der Waals surface area contributed by atoms with Gasteiger partial charge in [-0.15, -0.1) is 10.2 Å². The number of oxazole rings is 2. The Morgan fingerprint density at radius 1 is 1.07 bits per heavy atom. The highest BCUT2D eigenvalue weighted by Crippen LogP contribution is 2.27. The van der Waals surface area contributed by atoms with Crippen LogP contribution in [0.25, 0.3) is 23.2 Å². The average molecular weight is 370 g/mol. The lowest BCUT2D eigenvalue weighted by Gasteiger charge is -2.09. The van der Waals surface area contributed by atoms with E-state index in [1.165, 1.54) is 6.26 Å². The largest absolute Gasteiger partial charge is 0.481 e. The van der Waals surface area contributed by atoms with Crippen LogP contribution in [-0.2, 0) is 17.6 Å². The van der Waals surface area contributed by atoms with Gasteiger partial charge in [0.1, 0.15) is 18.2 Å². The van der Waals surface area contributed by atoms with Gasteiger partial charge in [-0.1, -0.05) is 27.7 Å². The molecule has 27 heavy (non-hydrogen) atoms. The first kappa shape index (κ1) is 18.8. The highest BCUT2D eigenvalue weighted by Gasteiger charge is 2.19. The molecule has 3 aromatic rings. The fourth-order valence-electron chi connectivity index (χ4n) is 2.63. The fourth-order valence-corrected chi connectivity index (χ4v) is 2.63. The highest BCUT2D eigenvalue weighted by molar-refractivity contribution is 5.69. The van der Waals surface area contributed by atoms with Gasteiger partial charge in [-0.3, -0.25) is 4.79 Å². The summed E-state index contributed by atoms with van der Waals surface area (Å²) < 4.78 is 11.0. The molecule has 0 fully saturated rings. The summed E-state index contributed by atoms with van der Waals surface area (Å²) in [4.78, 5) is 19.5. The van der Waals surface area contributed by atoms with Crippen molar-refractivity contribution < 1.29 is 18.7 Å². The van der Waals surface area contributed by atoms with E-state index in [0.29, 0.717) is 28.9 Å². The molecule has 0 radical (unpaired) electrons. The topological polar surface area (TPSA) is 115 Å². The van der Waals surface area contributed by atoms with Crippen LogP contribution in [0.5, 0.6) is 0 Å². The van der Waals surface area contributed by atoms with Gasteiger partial charge in [0.25, 0.3) is 0 Å². The third-order valence-corrected chi connectivity index (χ3v) is 3.92. The summed E-state index contributed by atoms with van der Waals surface area (Å²) in [5, 5.41) is 17.4. The zero-order chi connectivity index (χ0) is 19.6. The zero-order valence-corrected chi connectivity index (χ0v) is 15.8. The first-order valence-electron chi connectivity index (χ1n) is 8.82. The van der Waals surface area contributed by atoms with Gasteiger partial charge in [-0.2, -0.15) is 0 Å². The number of carbonyl (C=O) groups is 1. The van der Waals surface area contributed by atoms with Crippen molar-refractivity contribution in [3.05, 3.63) is 35.5 Å². The Balaban J connectivity index is 1.98. The number of aromatic nitrogens is 4. The van der Waals surface area contributed by atoms with Crippen LogP contribution in [0.2, 0.25) is 0 Å². The van der Waals surface area contributed by atoms with E-state index in [1.807, 2.05) is 19.9 Å². The van der Waals surface area contributed by atoms with Crippen molar-refractivity contribution in [1.82, 2.24) is 20.2 Å². The van der Waals surface area contributed by atoms with Gasteiger partial charge in [0.15, 0.2) is 5.69 Å². The predicted molar refractivity (Wildman–Crippen MR) is 97.0 cm³/mol. The summed E-state index contributed by atoms with van der Waals surface area (Å²) in [5.74, 6) is 0.330. The van der Waals surface area contributed by atoms with E-state index >= 15 is 0 Å². The minimum absolute atomic E-state index is 0.206. The lowest BCUT2D eigenvalue weighted by Crippen LogP contribution is -2.03. The minimum Gasteiger partial charge on any atom is -0.481 e. The fraction of sp³-hybridized carbons (Fsp3) is 0.421. The zero-order valence-electron chi connectivity index (χ0n) is 15.8. The molecule has 0 amide bonds. The molecule has 0 aromatic carbocycles. The molecule has 0 spiro atoms. The van der Waals surface area contributed by atoms with Crippen molar-refractivity contribution in [3.63, 3.8) is 0 Å². The summed E-state index contributed by atoms with van der Waals surface area (Å²) in [6, 6.07) is 1.87. The van der Waals surface area contributed by atoms with Gasteiger partial charge in [0.2, 0.25) is 11.8 Å². The molecule has 0 saturated heterocycles. The number of carboxylic acid groups (broad SMARTS) is 1. The molecule has 142 valence electrons. The maximum absolute atomic E-state index is 10.9. The van der Waals surface area contributed by atoms with Crippen LogP contribution in [-0.4, -0.2) is 31.2 Å². The van der Waals surface area contributed by atoms with Gasteiger partial charge in [0.05, 0.1) is 17.8 Å². The number of carboxylic acids is 1. The van der Waals surface area contributed by atoms with E-state index < -0.39 is 5.97 Å². The van der Waals surface area contributed by atoms with Crippen molar-refractivity contribution in [3.8, 4) is 23.2 Å². The number of aliphatic carboxylic acids is 1. The molecule has 0 aliphatic carbocycles. The van der Waals surface area contributed by atoms with E-state index in [2.05, 4.69) is 34.0 Å². The van der Waals surface area contributed by atoms with Gasteiger partial charge in [0, 0.05) is 0 Å². The molecule has 1 N–H and O–H groups in total. The monoisotopic (exact) mass is 370 g/mol. The van der Waals surface area contributed by atoms with E-state index in [1.54, 1.807) is 6.26 Å². The summed E-state index contributed by atoms with van der Waals surface area (Å²) in [6.45, 7) is 8.27. The molecule has 0 atom stereocenters. The molecule has 8 nitrogen and oxygen atoms in total. The molecule has 3 aromatic heterocycles. The molecule has 0 unspecified atom stereocenters. The SMILES string of the molecule is CC(C)Cc1cc(-c2nc(C(C)C)co2)nnc1-c1nc(CC(=O)O)co1. The lowest BCUT2D eigenvalue weighted by molar-refractivity contribution is -0.136. The van der Waals surface area contributed by atoms with Gasteiger partial charge >= 0.3 is 5.97 Å². The Hall–Kier alpha value is -3.03. The summed E-state index contributed by atoms with van der Waals surface area (Å²) in [5.41, 5.74) is 3.13. The van der Waals surface area contributed by atoms with Crippen LogP contribution in [0, 0.1) is 5.92 Å². The first-order valence-corrected chi connectivity index (χ1v) is 8.82. The van der Waals surface area contributed by atoms with E-state index in [-0.39, 0.29) is 18.2 Å². The van der Waals surface area contributed by atoms with Crippen LogP contribution in [0.4, 0.5) is 0 Å². The number of nitrogens with zero attached hydrogens (tertiary/aromatic N) is 4. The van der Waals surface area contributed by atoms with Crippen molar-refractivity contribution in [2.24, 2.45) is 5.92 Å². The van der Waals surface area contributed by atoms with Crippen molar-refractivity contribution in [2.45, 2.75) is 46.5 Å². The van der Waals surface area contributed by atoms with E-state index in [4.69, 9.17) is 13.9 Å². The second kappa shape index (κ2) is 7.69. The third-order valence-electron chi connectivity index (χ3n) is 3.92. The van der Waals surface area contributed by atoms with Crippen LogP contribution in [0.15, 0.2) is 27.4 Å². The molecule has 3 heterocycles. The molecule has 0 aliphatic heterocycles. The van der Waals surface area contributed by atoms with Crippen LogP contribution < -0.4 is 0 Å². The quantitative estimate of drug-likeness (QED) is 0.669. The molecule has 0 bridgehead atoms. The lowest BCUT2D eigenvalue weighted by atomic mass is 10.0. The number of hydrogen-bond acceptors (Lipinski definition) is 7. The predicted octanol–water partition coefficient (Wildman–Crippen LogP) is 3.74. The maximum Gasteiger partial charge on any atom is 0.309 e. The van der Waals surface area contributed by atoms with Gasteiger partial charge in [-0.25, -0.2) is 9.97 Å². The Kier molecular flexibility index (Phi) is 5.34. The maximum atomic E-state index is 10.9. The van der Waals surface area contributed by atoms with Crippen molar-refractivity contribution >= 4 is 5.97 Å². The van der Waals surface area contributed by atoms with E-state index in [0.717, 1.165) is 17.7 Å². The van der Waals surface area contributed by atoms with E-state index in [9.17, 15) is 4.79 Å². The summed E-state index contributed by atoms with van der Waals surface area (Å²) >= 11 is 0. The van der Waals surface area contributed by atoms with Crippen LogP contribution in [0.3, 0.4) is 0 Å². The smallest absolute Gasteiger partial charge is 0.309 e. The third kappa shape index (κ3) is 4.39. The molecule has 0 aliphatic rings. The molecule has 8 heteroatoms. The first-order chi connectivity index (χ1) is 12.8. The van der Waals surface area contributed by atoms with Crippen molar-refractivity contribution in [2.75, 3.05) is 0 Å². The number of rotatable bonds is 7. The Morgan fingerprint density at radius 3 is 2.44 bits per heavy atom. The highest BCUT2D eigenvalue weighted by atomic mass is 16.4. The molecule has 0 saturated carbocycles. The second-order valence-corrected chi connectivity index (χ2v) is 7.15. The molecular weight excluding hydrogens is 348 g/mol. The number of hydrogen-bond donors (Lipinski definition) is 1. The Labute approximate surface area is 156 Å². The van der Waals surface area contributed by atoms with Gasteiger partial charge in [-0.05, 0) is 29.9 Å². The van der Waals surface area contributed by atoms with Crippen LogP contribution in [0.1, 0.15) is 50.6 Å². The van der Waals surface area contributed by atoms with Gasteiger partial charge < -0.3 is 13.9 Å². The Bertz CT molecular complexity index is 943.